The number of carbonyl (C=O) groups excluding carboxylic acids is 2. The molecule has 0 unspecified atom stereocenters. The van der Waals surface area contributed by atoms with Crippen molar-refractivity contribution >= 4 is 11.9 Å². The Morgan fingerprint density at radius 2 is 1.88 bits per heavy atom. The first-order chi connectivity index (χ1) is 8.00. The van der Waals surface area contributed by atoms with Gasteiger partial charge in [-0.1, -0.05) is 19.3 Å². The van der Waals surface area contributed by atoms with Crippen LogP contribution in [0.3, 0.4) is 0 Å². The predicted octanol–water partition coefficient (Wildman–Crippen LogP) is 1.22. The number of urea groups is 1. The minimum absolute atomic E-state index is 0.0176. The Bertz CT molecular complexity index is 273. The first-order valence-corrected chi connectivity index (χ1v) is 6.36. The van der Waals surface area contributed by atoms with Crippen molar-refractivity contribution in [3.8, 4) is 0 Å². The van der Waals surface area contributed by atoms with Crippen molar-refractivity contribution in [2.45, 2.75) is 58.0 Å². The van der Waals surface area contributed by atoms with Crippen LogP contribution in [0.25, 0.3) is 0 Å². The molecule has 0 heterocycles. The van der Waals surface area contributed by atoms with Crippen LogP contribution in [-0.2, 0) is 4.79 Å². The number of hydrogen-bond donors (Lipinski definition) is 2. The fourth-order valence-electron chi connectivity index (χ4n) is 2.16. The molecule has 1 aliphatic carbocycles. The van der Waals surface area contributed by atoms with Crippen LogP contribution < -0.4 is 11.1 Å². The van der Waals surface area contributed by atoms with Gasteiger partial charge in [0.05, 0.1) is 0 Å². The van der Waals surface area contributed by atoms with Crippen molar-refractivity contribution in [2.75, 3.05) is 6.54 Å². The lowest BCUT2D eigenvalue weighted by Gasteiger charge is -2.30. The molecule has 3 N–H and O–H groups in total. The molecule has 0 spiro atoms. The number of amides is 3. The Morgan fingerprint density at radius 1 is 1.29 bits per heavy atom. The summed E-state index contributed by atoms with van der Waals surface area (Å²) in [5.41, 5.74) is 5.14. The molecule has 0 aromatic rings. The van der Waals surface area contributed by atoms with Gasteiger partial charge in [-0.15, -0.1) is 0 Å². The second kappa shape index (κ2) is 6.47. The van der Waals surface area contributed by atoms with Gasteiger partial charge >= 0.3 is 6.03 Å². The molecule has 0 aromatic carbocycles. The van der Waals surface area contributed by atoms with E-state index in [0.29, 0.717) is 0 Å². The fraction of sp³-hybridized carbons (Fsp3) is 0.833. The number of primary amides is 1. The Kier molecular flexibility index (Phi) is 5.25. The van der Waals surface area contributed by atoms with Gasteiger partial charge in [0.1, 0.15) is 6.54 Å². The molecule has 5 heteroatoms. The second-order valence-corrected chi connectivity index (χ2v) is 4.97. The van der Waals surface area contributed by atoms with E-state index in [9.17, 15) is 9.59 Å². The Hall–Kier alpha value is -1.26. The number of nitrogens with two attached hydrogens (primary N) is 1. The molecule has 98 valence electrons. The highest BCUT2D eigenvalue weighted by Crippen LogP contribution is 2.17. The van der Waals surface area contributed by atoms with Crippen molar-refractivity contribution < 1.29 is 9.59 Å². The summed E-state index contributed by atoms with van der Waals surface area (Å²) in [6.07, 6.45) is 5.66. The summed E-state index contributed by atoms with van der Waals surface area (Å²) < 4.78 is 0. The number of carbonyl (C=O) groups is 2. The van der Waals surface area contributed by atoms with E-state index in [1.807, 2.05) is 13.8 Å². The van der Waals surface area contributed by atoms with Gasteiger partial charge in [-0.25, -0.2) is 4.79 Å². The number of nitrogens with one attached hydrogen (secondary N) is 1. The maximum Gasteiger partial charge on any atom is 0.318 e. The summed E-state index contributed by atoms with van der Waals surface area (Å²) in [7, 11) is 0. The van der Waals surface area contributed by atoms with E-state index in [4.69, 9.17) is 5.73 Å². The average Bonchev–Trinajstić information content (AvgIpc) is 2.26. The van der Waals surface area contributed by atoms with Crippen LogP contribution in [0.15, 0.2) is 0 Å². The van der Waals surface area contributed by atoms with Crippen LogP contribution in [0, 0.1) is 0 Å². The van der Waals surface area contributed by atoms with Gasteiger partial charge in [0.25, 0.3) is 0 Å². The molecule has 1 rings (SSSR count). The zero-order chi connectivity index (χ0) is 12.8. The van der Waals surface area contributed by atoms with Crippen LogP contribution in [0.2, 0.25) is 0 Å². The normalized spacial score (nSPS) is 16.9. The van der Waals surface area contributed by atoms with Crippen LogP contribution in [-0.4, -0.2) is 35.5 Å². The molecular formula is C12H23N3O2. The van der Waals surface area contributed by atoms with Gasteiger partial charge in [0.15, 0.2) is 0 Å². The van der Waals surface area contributed by atoms with Gasteiger partial charge in [-0.05, 0) is 26.7 Å². The molecule has 0 bridgehead atoms. The first kappa shape index (κ1) is 13.8. The van der Waals surface area contributed by atoms with E-state index >= 15 is 0 Å². The summed E-state index contributed by atoms with van der Waals surface area (Å²) in [6, 6.07) is 0.0576. The molecule has 3 amide bonds. The van der Waals surface area contributed by atoms with E-state index < -0.39 is 5.91 Å². The molecule has 0 atom stereocenters. The van der Waals surface area contributed by atoms with Gasteiger partial charge in [-0.3, -0.25) is 4.79 Å². The minimum Gasteiger partial charge on any atom is -0.368 e. The molecule has 1 fully saturated rings. The van der Waals surface area contributed by atoms with Crippen molar-refractivity contribution in [3.05, 3.63) is 0 Å². The van der Waals surface area contributed by atoms with Gasteiger partial charge in [0.2, 0.25) is 5.91 Å². The fourth-order valence-corrected chi connectivity index (χ4v) is 2.16. The molecule has 17 heavy (non-hydrogen) atoms. The SMILES string of the molecule is CC(C)N(CC(N)=O)C(=O)NC1CCCCC1. The zero-order valence-corrected chi connectivity index (χ0v) is 10.7. The summed E-state index contributed by atoms with van der Waals surface area (Å²) >= 11 is 0. The predicted molar refractivity (Wildman–Crippen MR) is 66.4 cm³/mol. The third-order valence-corrected chi connectivity index (χ3v) is 3.14. The highest BCUT2D eigenvalue weighted by molar-refractivity contribution is 5.83. The maximum atomic E-state index is 12.0. The van der Waals surface area contributed by atoms with Crippen LogP contribution in [0.4, 0.5) is 4.79 Å². The number of hydrogen-bond acceptors (Lipinski definition) is 2. The number of nitrogens with zero attached hydrogens (tertiary/aromatic N) is 1. The Labute approximate surface area is 103 Å². The van der Waals surface area contributed by atoms with Gasteiger partial charge < -0.3 is 16.0 Å². The summed E-state index contributed by atoms with van der Waals surface area (Å²) in [5, 5.41) is 2.98. The smallest absolute Gasteiger partial charge is 0.318 e. The highest BCUT2D eigenvalue weighted by Gasteiger charge is 2.22. The zero-order valence-electron chi connectivity index (χ0n) is 10.7. The standard InChI is InChI=1S/C12H23N3O2/c1-9(2)15(8-11(13)16)12(17)14-10-6-4-3-5-7-10/h9-10H,3-8H2,1-2H3,(H2,13,16)(H,14,17). The van der Waals surface area contributed by atoms with Crippen LogP contribution in [0.1, 0.15) is 46.0 Å². The van der Waals surface area contributed by atoms with Crippen molar-refractivity contribution in [2.24, 2.45) is 5.73 Å². The van der Waals surface area contributed by atoms with Gasteiger partial charge in [0, 0.05) is 12.1 Å². The van der Waals surface area contributed by atoms with E-state index in [-0.39, 0.29) is 24.7 Å². The molecular weight excluding hydrogens is 218 g/mol. The molecule has 0 radical (unpaired) electrons. The van der Waals surface area contributed by atoms with E-state index in [2.05, 4.69) is 5.32 Å². The molecule has 0 saturated heterocycles. The molecule has 0 aromatic heterocycles. The Morgan fingerprint density at radius 3 is 2.35 bits per heavy atom. The molecule has 1 saturated carbocycles. The monoisotopic (exact) mass is 241 g/mol. The maximum absolute atomic E-state index is 12.0. The second-order valence-electron chi connectivity index (χ2n) is 4.97. The lowest BCUT2D eigenvalue weighted by molar-refractivity contribution is -0.118. The molecule has 5 nitrogen and oxygen atoms in total. The summed E-state index contributed by atoms with van der Waals surface area (Å²) in [6.45, 7) is 3.74. The summed E-state index contributed by atoms with van der Waals surface area (Å²) in [4.78, 5) is 24.4. The third kappa shape index (κ3) is 4.63. The van der Waals surface area contributed by atoms with Crippen molar-refractivity contribution in [1.82, 2.24) is 10.2 Å². The average molecular weight is 241 g/mol. The van der Waals surface area contributed by atoms with Crippen LogP contribution in [0.5, 0.6) is 0 Å². The van der Waals surface area contributed by atoms with Crippen molar-refractivity contribution in [1.29, 1.82) is 0 Å². The molecule has 0 aliphatic heterocycles. The largest absolute Gasteiger partial charge is 0.368 e. The number of rotatable bonds is 4. The van der Waals surface area contributed by atoms with E-state index in [1.54, 1.807) is 0 Å². The minimum atomic E-state index is -0.475. The Balaban J connectivity index is 2.49. The summed E-state index contributed by atoms with van der Waals surface area (Å²) in [5.74, 6) is -0.475. The van der Waals surface area contributed by atoms with E-state index in [1.165, 1.54) is 24.2 Å². The van der Waals surface area contributed by atoms with Crippen molar-refractivity contribution in [3.63, 3.8) is 0 Å². The topological polar surface area (TPSA) is 75.4 Å². The third-order valence-electron chi connectivity index (χ3n) is 3.14. The highest BCUT2D eigenvalue weighted by atomic mass is 16.2. The van der Waals surface area contributed by atoms with E-state index in [0.717, 1.165) is 12.8 Å². The lowest BCUT2D eigenvalue weighted by Crippen LogP contribution is -2.50. The van der Waals surface area contributed by atoms with Crippen LogP contribution >= 0.6 is 0 Å². The lowest BCUT2D eigenvalue weighted by atomic mass is 9.96. The molecule has 1 aliphatic rings. The van der Waals surface area contributed by atoms with Gasteiger partial charge in [-0.2, -0.15) is 0 Å². The quantitative estimate of drug-likeness (QED) is 0.776. The first-order valence-electron chi connectivity index (χ1n) is 6.36.